The lowest BCUT2D eigenvalue weighted by molar-refractivity contribution is -0.141. The van der Waals surface area contributed by atoms with Crippen molar-refractivity contribution < 1.29 is 22.7 Å². The summed E-state index contributed by atoms with van der Waals surface area (Å²) in [6.45, 7) is 7.10. The highest BCUT2D eigenvalue weighted by Crippen LogP contribution is 2.34. The number of aromatic nitrogens is 1. The summed E-state index contributed by atoms with van der Waals surface area (Å²) >= 11 is 0. The van der Waals surface area contributed by atoms with Crippen molar-refractivity contribution in [3.8, 4) is 11.8 Å². The van der Waals surface area contributed by atoms with Gasteiger partial charge in [0.1, 0.15) is 11.4 Å². The first-order valence-electron chi connectivity index (χ1n) is 8.30. The quantitative estimate of drug-likeness (QED) is 0.697. The average Bonchev–Trinajstić information content (AvgIpc) is 2.55. The molecule has 4 nitrogen and oxygen atoms in total. The number of hydrogen-bond acceptors (Lipinski definition) is 3. The molecule has 1 aromatic heterocycles. The van der Waals surface area contributed by atoms with E-state index in [2.05, 4.69) is 16.8 Å². The van der Waals surface area contributed by atoms with Gasteiger partial charge in [0.05, 0.1) is 6.61 Å². The zero-order valence-corrected chi connectivity index (χ0v) is 15.0. The molecule has 1 fully saturated rings. The van der Waals surface area contributed by atoms with E-state index in [0.717, 1.165) is 11.6 Å². The Balaban J connectivity index is 2.13. The normalized spacial score (nSPS) is 18.2. The molecule has 1 saturated heterocycles. The number of pyridine rings is 1. The summed E-state index contributed by atoms with van der Waals surface area (Å²) in [5, 5.41) is 0. The molecule has 0 atom stereocenters. The Morgan fingerprint density at radius 1 is 1.42 bits per heavy atom. The molecule has 1 aromatic rings. The zero-order valence-electron chi connectivity index (χ0n) is 15.0. The number of piperidine rings is 1. The second-order valence-corrected chi connectivity index (χ2v) is 6.60. The van der Waals surface area contributed by atoms with Crippen LogP contribution in [-0.2, 0) is 10.9 Å². The molecule has 0 N–H and O–H groups in total. The monoisotopic (exact) mass is 366 g/mol. The Bertz CT molecular complexity index is 758. The highest BCUT2D eigenvalue weighted by Gasteiger charge is 2.34. The van der Waals surface area contributed by atoms with E-state index in [1.165, 1.54) is 12.1 Å². The molecule has 1 aliphatic heterocycles. The van der Waals surface area contributed by atoms with Crippen molar-refractivity contribution in [2.75, 3.05) is 19.7 Å². The summed E-state index contributed by atoms with van der Waals surface area (Å²) in [5.41, 5.74) is -0.142. The van der Waals surface area contributed by atoms with E-state index in [0.29, 0.717) is 26.1 Å². The van der Waals surface area contributed by atoms with Gasteiger partial charge in [-0.3, -0.25) is 0 Å². The van der Waals surface area contributed by atoms with Crippen LogP contribution < -0.4 is 0 Å². The molecule has 0 unspecified atom stereocenters. The van der Waals surface area contributed by atoms with Crippen molar-refractivity contribution in [2.45, 2.75) is 33.4 Å². The number of amides is 1. The van der Waals surface area contributed by atoms with Gasteiger partial charge in [-0.25, -0.2) is 9.78 Å². The molecule has 2 heterocycles. The first-order valence-corrected chi connectivity index (χ1v) is 8.30. The largest absolute Gasteiger partial charge is 0.450 e. The van der Waals surface area contributed by atoms with Crippen LogP contribution >= 0.6 is 0 Å². The summed E-state index contributed by atoms with van der Waals surface area (Å²) in [6, 6.07) is 3.64. The van der Waals surface area contributed by atoms with E-state index in [1.54, 1.807) is 17.9 Å². The molecule has 1 aliphatic rings. The minimum atomic E-state index is -4.49. The fraction of sp³-hybridized carbons (Fsp3) is 0.474. The van der Waals surface area contributed by atoms with Crippen molar-refractivity contribution in [2.24, 2.45) is 5.41 Å². The number of nitrogens with zero attached hydrogens (tertiary/aromatic N) is 2. The lowest BCUT2D eigenvalue weighted by atomic mass is 9.79. The topological polar surface area (TPSA) is 42.4 Å². The van der Waals surface area contributed by atoms with Gasteiger partial charge in [-0.15, -0.1) is 0 Å². The molecular formula is C19H21F3N2O2. The third-order valence-corrected chi connectivity index (χ3v) is 4.12. The maximum absolute atomic E-state index is 12.7. The standard InChI is InChI=1S/C19H21F3N2O2/c1-4-26-17(25)24-12-11-14(18(2,3)13-24)7-5-8-15-9-6-10-16(23-15)19(20,21)22/h6-7,9-10H,4,11-13H2,1-3H3/b14-7+. The van der Waals surface area contributed by atoms with Crippen LogP contribution in [0.15, 0.2) is 29.8 Å². The third kappa shape index (κ3) is 5.01. The second kappa shape index (κ2) is 7.81. The Morgan fingerprint density at radius 3 is 2.77 bits per heavy atom. The number of ether oxygens (including phenoxy) is 1. The predicted octanol–water partition coefficient (Wildman–Crippen LogP) is 4.27. The molecule has 7 heteroatoms. The number of rotatable bonds is 1. The Hall–Kier alpha value is -2.49. The molecular weight excluding hydrogens is 345 g/mol. The van der Waals surface area contributed by atoms with E-state index < -0.39 is 11.9 Å². The highest BCUT2D eigenvalue weighted by atomic mass is 19.4. The van der Waals surface area contributed by atoms with Crippen LogP contribution in [0.1, 0.15) is 38.6 Å². The fourth-order valence-electron chi connectivity index (χ4n) is 2.75. The molecule has 0 bridgehead atoms. The number of hydrogen-bond donors (Lipinski definition) is 0. The highest BCUT2D eigenvalue weighted by molar-refractivity contribution is 5.68. The van der Waals surface area contributed by atoms with Crippen LogP contribution in [0.2, 0.25) is 0 Å². The number of alkyl halides is 3. The lowest BCUT2D eigenvalue weighted by Crippen LogP contribution is -2.45. The van der Waals surface area contributed by atoms with Crippen molar-refractivity contribution in [1.29, 1.82) is 0 Å². The number of carbonyl (C=O) groups is 1. The van der Waals surface area contributed by atoms with Crippen LogP contribution in [0.4, 0.5) is 18.0 Å². The summed E-state index contributed by atoms with van der Waals surface area (Å²) < 4.78 is 43.0. The van der Waals surface area contributed by atoms with Gasteiger partial charge in [0.2, 0.25) is 0 Å². The van der Waals surface area contributed by atoms with Gasteiger partial charge in [-0.05, 0) is 37.5 Å². The SMILES string of the molecule is CCOC(=O)N1CC/C(=C\C#Cc2cccc(C(F)(F)F)n2)C(C)(C)C1. The average molecular weight is 366 g/mol. The molecule has 0 spiro atoms. The van der Waals surface area contributed by atoms with Crippen LogP contribution in [0, 0.1) is 17.3 Å². The van der Waals surface area contributed by atoms with Crippen molar-refractivity contribution in [1.82, 2.24) is 9.88 Å². The van der Waals surface area contributed by atoms with E-state index in [1.807, 2.05) is 13.8 Å². The smallest absolute Gasteiger partial charge is 0.433 e. The fourth-order valence-corrected chi connectivity index (χ4v) is 2.75. The van der Waals surface area contributed by atoms with Crippen molar-refractivity contribution in [3.63, 3.8) is 0 Å². The van der Waals surface area contributed by atoms with Gasteiger partial charge in [0, 0.05) is 18.5 Å². The van der Waals surface area contributed by atoms with Crippen LogP contribution in [0.5, 0.6) is 0 Å². The summed E-state index contributed by atoms with van der Waals surface area (Å²) in [6.07, 6.45) is -2.47. The number of allylic oxidation sites excluding steroid dienone is 1. The maximum Gasteiger partial charge on any atom is 0.433 e. The molecule has 0 aromatic carbocycles. The number of halogens is 3. The third-order valence-electron chi connectivity index (χ3n) is 4.12. The number of likely N-dealkylation sites (tertiary alicyclic amines) is 1. The molecule has 1 amide bonds. The van der Waals surface area contributed by atoms with Crippen molar-refractivity contribution >= 4 is 6.09 Å². The lowest BCUT2D eigenvalue weighted by Gasteiger charge is -2.39. The van der Waals surface area contributed by atoms with Crippen LogP contribution in [0.3, 0.4) is 0 Å². The maximum atomic E-state index is 12.7. The Labute approximate surface area is 151 Å². The minimum absolute atomic E-state index is 0.0680. The minimum Gasteiger partial charge on any atom is -0.450 e. The molecule has 0 aliphatic carbocycles. The first-order chi connectivity index (χ1) is 12.1. The van der Waals surface area contributed by atoms with E-state index in [9.17, 15) is 18.0 Å². The van der Waals surface area contributed by atoms with Gasteiger partial charge in [-0.2, -0.15) is 13.2 Å². The summed E-state index contributed by atoms with van der Waals surface area (Å²) in [7, 11) is 0. The van der Waals surface area contributed by atoms with Gasteiger partial charge < -0.3 is 9.64 Å². The predicted molar refractivity (Wildman–Crippen MR) is 91.2 cm³/mol. The molecule has 0 radical (unpaired) electrons. The van der Waals surface area contributed by atoms with Gasteiger partial charge in [0.25, 0.3) is 0 Å². The van der Waals surface area contributed by atoms with Gasteiger partial charge >= 0.3 is 12.3 Å². The number of carbonyl (C=O) groups excluding carboxylic acids is 1. The van der Waals surface area contributed by atoms with Gasteiger partial charge in [-0.1, -0.05) is 31.4 Å². The Morgan fingerprint density at radius 2 is 2.15 bits per heavy atom. The van der Waals surface area contributed by atoms with Crippen LogP contribution in [-0.4, -0.2) is 35.7 Å². The molecule has 2 rings (SSSR count). The van der Waals surface area contributed by atoms with Crippen LogP contribution in [0.25, 0.3) is 0 Å². The molecule has 140 valence electrons. The zero-order chi connectivity index (χ0) is 19.4. The second-order valence-electron chi connectivity index (χ2n) is 6.60. The first kappa shape index (κ1) is 19.8. The molecule has 26 heavy (non-hydrogen) atoms. The summed E-state index contributed by atoms with van der Waals surface area (Å²) in [5.74, 6) is 5.45. The van der Waals surface area contributed by atoms with E-state index >= 15 is 0 Å². The van der Waals surface area contributed by atoms with E-state index in [-0.39, 0.29) is 17.2 Å². The van der Waals surface area contributed by atoms with Crippen molar-refractivity contribution in [3.05, 3.63) is 41.2 Å². The van der Waals surface area contributed by atoms with Gasteiger partial charge in [0.15, 0.2) is 0 Å². The summed E-state index contributed by atoms with van der Waals surface area (Å²) in [4.78, 5) is 17.0. The Kier molecular flexibility index (Phi) is 5.96. The van der Waals surface area contributed by atoms with E-state index in [4.69, 9.17) is 4.74 Å². The molecule has 0 saturated carbocycles.